The van der Waals surface area contributed by atoms with Crippen molar-refractivity contribution in [3.05, 3.63) is 34.4 Å². The molecule has 102 valence electrons. The van der Waals surface area contributed by atoms with Gasteiger partial charge in [-0.1, -0.05) is 25.4 Å². The van der Waals surface area contributed by atoms with Crippen molar-refractivity contribution in [3.63, 3.8) is 0 Å². The Morgan fingerprint density at radius 2 is 1.89 bits per heavy atom. The molecule has 18 heavy (non-hydrogen) atoms. The first-order valence-electron chi connectivity index (χ1n) is 5.91. The highest BCUT2D eigenvalue weighted by Crippen LogP contribution is 2.28. The predicted molar refractivity (Wildman–Crippen MR) is 68.4 cm³/mol. The maximum absolute atomic E-state index is 13.7. The van der Waals surface area contributed by atoms with E-state index in [0.29, 0.717) is 12.3 Å². The molecule has 0 spiro atoms. The van der Waals surface area contributed by atoms with Crippen LogP contribution in [0.3, 0.4) is 0 Å². The molecule has 0 saturated heterocycles. The minimum Gasteiger partial charge on any atom is -0.391 e. The van der Waals surface area contributed by atoms with Gasteiger partial charge in [0.1, 0.15) is 11.6 Å². The van der Waals surface area contributed by atoms with Crippen molar-refractivity contribution in [1.29, 1.82) is 0 Å². The second-order valence-corrected chi connectivity index (χ2v) is 5.23. The molecule has 0 aliphatic carbocycles. The first-order valence-corrected chi connectivity index (χ1v) is 6.29. The minimum absolute atomic E-state index is 0.196. The van der Waals surface area contributed by atoms with Crippen LogP contribution < -0.4 is 5.73 Å². The number of rotatable bonds is 5. The lowest BCUT2D eigenvalue weighted by atomic mass is 9.95. The minimum atomic E-state index is -1.11. The maximum atomic E-state index is 13.7. The van der Waals surface area contributed by atoms with Gasteiger partial charge in [-0.2, -0.15) is 0 Å². The molecule has 1 aromatic carbocycles. The van der Waals surface area contributed by atoms with Crippen LogP contribution in [0.4, 0.5) is 8.78 Å². The first-order chi connectivity index (χ1) is 8.34. The van der Waals surface area contributed by atoms with Gasteiger partial charge in [0.2, 0.25) is 0 Å². The van der Waals surface area contributed by atoms with Crippen LogP contribution >= 0.6 is 11.6 Å². The number of hydrogen-bond donors (Lipinski definition) is 2. The first kappa shape index (κ1) is 15.3. The number of halogens is 3. The third-order valence-electron chi connectivity index (χ3n) is 2.87. The molecule has 1 rings (SSSR count). The van der Waals surface area contributed by atoms with Gasteiger partial charge in [-0.15, -0.1) is 0 Å². The standard InChI is InChI=1S/C13H18ClF2NO/c1-7(2)3-6-10(18)13(17)11-9(15)5-4-8(14)12(11)16/h4-5,7,10,13,18H,3,6,17H2,1-2H3/t10-,13-/m1/s1. The number of aliphatic hydroxyl groups excluding tert-OH is 1. The fourth-order valence-electron chi connectivity index (χ4n) is 1.72. The van der Waals surface area contributed by atoms with E-state index >= 15 is 0 Å². The summed E-state index contributed by atoms with van der Waals surface area (Å²) in [5, 5.41) is 9.66. The zero-order valence-electron chi connectivity index (χ0n) is 10.5. The fraction of sp³-hybridized carbons (Fsp3) is 0.538. The fourth-order valence-corrected chi connectivity index (χ4v) is 1.89. The van der Waals surface area contributed by atoms with Crippen LogP contribution in [0.5, 0.6) is 0 Å². The van der Waals surface area contributed by atoms with Gasteiger partial charge < -0.3 is 10.8 Å². The van der Waals surface area contributed by atoms with E-state index in [1.807, 2.05) is 13.8 Å². The predicted octanol–water partition coefficient (Wildman–Crippen LogP) is 3.42. The van der Waals surface area contributed by atoms with Crippen LogP contribution in [0.1, 0.15) is 38.3 Å². The van der Waals surface area contributed by atoms with Crippen LogP contribution in [0.25, 0.3) is 0 Å². The zero-order valence-corrected chi connectivity index (χ0v) is 11.2. The van der Waals surface area contributed by atoms with Crippen molar-refractivity contribution >= 4 is 11.6 Å². The Morgan fingerprint density at radius 3 is 2.44 bits per heavy atom. The summed E-state index contributed by atoms with van der Waals surface area (Å²) in [6.07, 6.45) is 0.137. The Balaban J connectivity index is 2.89. The summed E-state index contributed by atoms with van der Waals surface area (Å²) < 4.78 is 27.3. The van der Waals surface area contributed by atoms with Crippen LogP contribution in [0.2, 0.25) is 5.02 Å². The monoisotopic (exact) mass is 277 g/mol. The summed E-state index contributed by atoms with van der Waals surface area (Å²) >= 11 is 5.58. The SMILES string of the molecule is CC(C)CC[C@@H](O)[C@@H](N)c1c(F)ccc(Cl)c1F. The Morgan fingerprint density at radius 1 is 1.28 bits per heavy atom. The van der Waals surface area contributed by atoms with Crippen LogP contribution in [0.15, 0.2) is 12.1 Å². The molecule has 2 nitrogen and oxygen atoms in total. The van der Waals surface area contributed by atoms with Gasteiger partial charge in [0.25, 0.3) is 0 Å². The van der Waals surface area contributed by atoms with Crippen molar-refractivity contribution in [1.82, 2.24) is 0 Å². The Hall–Kier alpha value is -0.710. The molecule has 0 aromatic heterocycles. The van der Waals surface area contributed by atoms with Gasteiger partial charge in [-0.05, 0) is 30.9 Å². The molecule has 5 heteroatoms. The van der Waals surface area contributed by atoms with E-state index in [0.717, 1.165) is 18.6 Å². The topological polar surface area (TPSA) is 46.2 Å². The van der Waals surface area contributed by atoms with Gasteiger partial charge in [-0.25, -0.2) is 8.78 Å². The number of benzene rings is 1. The molecule has 0 amide bonds. The Kier molecular flexibility index (Phi) is 5.50. The van der Waals surface area contributed by atoms with E-state index in [2.05, 4.69) is 0 Å². The summed E-state index contributed by atoms with van der Waals surface area (Å²) in [6.45, 7) is 4.00. The summed E-state index contributed by atoms with van der Waals surface area (Å²) in [6, 6.07) is 1.07. The number of nitrogens with two attached hydrogens (primary N) is 1. The number of hydrogen-bond acceptors (Lipinski definition) is 2. The van der Waals surface area contributed by atoms with E-state index in [-0.39, 0.29) is 10.6 Å². The third kappa shape index (κ3) is 3.64. The average molecular weight is 278 g/mol. The summed E-state index contributed by atoms with van der Waals surface area (Å²) in [7, 11) is 0. The molecule has 1 aromatic rings. The molecule has 2 atom stereocenters. The molecule has 0 radical (unpaired) electrons. The molecular formula is C13H18ClF2NO. The molecule has 0 aliphatic heterocycles. The zero-order chi connectivity index (χ0) is 13.9. The largest absolute Gasteiger partial charge is 0.391 e. The highest BCUT2D eigenvalue weighted by Gasteiger charge is 2.25. The highest BCUT2D eigenvalue weighted by atomic mass is 35.5. The van der Waals surface area contributed by atoms with Crippen molar-refractivity contribution in [2.24, 2.45) is 11.7 Å². The molecule has 0 fully saturated rings. The van der Waals surface area contributed by atoms with Gasteiger partial charge in [0.15, 0.2) is 0 Å². The van der Waals surface area contributed by atoms with Gasteiger partial charge in [0.05, 0.1) is 17.2 Å². The molecule has 0 bridgehead atoms. The van der Waals surface area contributed by atoms with E-state index in [1.165, 1.54) is 0 Å². The third-order valence-corrected chi connectivity index (χ3v) is 3.16. The van der Waals surface area contributed by atoms with Crippen LogP contribution in [0, 0.1) is 17.6 Å². The Bertz CT molecular complexity index is 412. The smallest absolute Gasteiger partial charge is 0.149 e. The summed E-state index contributed by atoms with van der Waals surface area (Å²) in [5.41, 5.74) is 5.36. The van der Waals surface area contributed by atoms with E-state index in [4.69, 9.17) is 17.3 Å². The average Bonchev–Trinajstić information content (AvgIpc) is 2.31. The summed E-state index contributed by atoms with van der Waals surface area (Å²) in [4.78, 5) is 0. The highest BCUT2D eigenvalue weighted by molar-refractivity contribution is 6.30. The second kappa shape index (κ2) is 6.45. The lowest BCUT2D eigenvalue weighted by Crippen LogP contribution is -2.28. The Labute approximate surface area is 111 Å². The van der Waals surface area contributed by atoms with Gasteiger partial charge in [-0.3, -0.25) is 0 Å². The van der Waals surface area contributed by atoms with Crippen molar-refractivity contribution in [2.75, 3.05) is 0 Å². The molecule has 0 saturated carbocycles. The molecule has 3 N–H and O–H groups in total. The van der Waals surface area contributed by atoms with Crippen LogP contribution in [-0.2, 0) is 0 Å². The quantitative estimate of drug-likeness (QED) is 0.810. The molecule has 0 aliphatic rings. The van der Waals surface area contributed by atoms with Crippen molar-refractivity contribution in [3.8, 4) is 0 Å². The number of aliphatic hydroxyl groups is 1. The van der Waals surface area contributed by atoms with Crippen LogP contribution in [-0.4, -0.2) is 11.2 Å². The molecule has 0 heterocycles. The van der Waals surface area contributed by atoms with Gasteiger partial charge >= 0.3 is 0 Å². The summed E-state index contributed by atoms with van der Waals surface area (Å²) in [5.74, 6) is -1.29. The lowest BCUT2D eigenvalue weighted by molar-refractivity contribution is 0.125. The van der Waals surface area contributed by atoms with Crippen molar-refractivity contribution < 1.29 is 13.9 Å². The lowest BCUT2D eigenvalue weighted by Gasteiger charge is -2.21. The normalized spacial score (nSPS) is 14.9. The molecule has 0 unspecified atom stereocenters. The van der Waals surface area contributed by atoms with Gasteiger partial charge in [0, 0.05) is 5.56 Å². The van der Waals surface area contributed by atoms with Crippen molar-refractivity contribution in [2.45, 2.75) is 38.8 Å². The second-order valence-electron chi connectivity index (χ2n) is 4.82. The maximum Gasteiger partial charge on any atom is 0.149 e. The van der Waals surface area contributed by atoms with E-state index in [1.54, 1.807) is 0 Å². The molecular weight excluding hydrogens is 260 g/mol. The van der Waals surface area contributed by atoms with E-state index in [9.17, 15) is 13.9 Å². The van der Waals surface area contributed by atoms with E-state index < -0.39 is 23.8 Å².